The molecule has 4 heteroatoms. The van der Waals surface area contributed by atoms with E-state index in [1.54, 1.807) is 0 Å². The van der Waals surface area contributed by atoms with Gasteiger partial charge in [0, 0.05) is 79.2 Å². The van der Waals surface area contributed by atoms with Gasteiger partial charge in [0.15, 0.2) is 0 Å². The molecule has 0 fully saturated rings. The van der Waals surface area contributed by atoms with Crippen molar-refractivity contribution in [3.63, 3.8) is 0 Å². The summed E-state index contributed by atoms with van der Waals surface area (Å²) < 4.78 is 0. The lowest BCUT2D eigenvalue weighted by atomic mass is 9.90. The molecule has 708 valence electrons. The van der Waals surface area contributed by atoms with E-state index in [4.69, 9.17) is 0 Å². The van der Waals surface area contributed by atoms with E-state index in [1.165, 1.54) is 156 Å². The summed E-state index contributed by atoms with van der Waals surface area (Å²) >= 11 is 0. The highest BCUT2D eigenvalue weighted by Crippen LogP contribution is 2.46. The summed E-state index contributed by atoms with van der Waals surface area (Å²) in [6, 6.07) is 176. The third-order valence-corrected chi connectivity index (χ3v) is 26.9. The summed E-state index contributed by atoms with van der Waals surface area (Å²) in [6.45, 7) is 26.6. The van der Waals surface area contributed by atoms with E-state index in [0.29, 0.717) is 0 Å². The molecule has 142 heavy (non-hydrogen) atoms. The molecule has 0 atom stereocenters. The van der Waals surface area contributed by atoms with Crippen molar-refractivity contribution in [2.75, 3.05) is 19.6 Å². The van der Waals surface area contributed by atoms with Crippen LogP contribution in [-0.2, 0) is 64.2 Å². The van der Waals surface area contributed by atoms with Crippen molar-refractivity contribution in [1.29, 1.82) is 0 Å². The molecule has 0 saturated carbocycles. The van der Waals surface area contributed by atoms with Gasteiger partial charge in [0.2, 0.25) is 0 Å². The highest BCUT2D eigenvalue weighted by atomic mass is 15.2. The van der Waals surface area contributed by atoms with Gasteiger partial charge in [-0.05, 0) is 286 Å². The summed E-state index contributed by atoms with van der Waals surface area (Å²) in [5, 5.41) is 0. The molecule has 0 aliphatic heterocycles. The summed E-state index contributed by atoms with van der Waals surface area (Å²) in [6.07, 6.45) is 10.3. The minimum atomic E-state index is 1.02. The van der Waals surface area contributed by atoms with Crippen molar-refractivity contribution < 1.29 is 0 Å². The van der Waals surface area contributed by atoms with Gasteiger partial charge in [-0.2, -0.15) is 0 Å². The van der Waals surface area contributed by atoms with Crippen LogP contribution in [-0.4, -0.2) is 0 Å². The van der Waals surface area contributed by atoms with Crippen LogP contribution in [0.15, 0.2) is 497 Å². The summed E-state index contributed by atoms with van der Waals surface area (Å²) in [7, 11) is 0. The van der Waals surface area contributed by atoms with Crippen LogP contribution >= 0.6 is 0 Å². The number of hydrogen-bond acceptors (Lipinski definition) is 4. The van der Waals surface area contributed by atoms with E-state index in [1.807, 2.05) is 0 Å². The standard InChI is InChI=1S/2C36H33N.C35H39N.C31H31N/c1-3-28-20-24-30(25-21-28)35(31-26-22-29(4-2)23-27-31)36(32-14-8-5-9-15-32)37(33-16-10-6-11-17-33)34-18-12-7-13-19-34;1-3-28-20-24-33(25-21-28)37(34-26-22-29(4-2)23-27-34)36(32-18-12-7-13-19-32)35(30-14-8-5-9-15-30)31-16-10-6-11-17-31;1-6-27-10-18-31(19-11-27)35(32-20-12-28(7-2)13-21-32)26(5)36(33-22-14-29(8-3)15-23-33)34-24-16-30(9-4)17-25-34;1-4-25-16-20-27(21-17-25)31(28-22-18-26(5-2)19-23-28)24(3)32(29-12-8-6-9-13-29)30-14-10-7-11-15-30/h2*5-27H,3-4H2,1-2H3;10-25H,6-9H2,1-5H3;6-23H,4-5H2,1-3H3. The molecule has 0 saturated heterocycles. The Kier molecular flexibility index (Phi) is 36.2. The number of rotatable bonds is 32. The number of anilines is 8. The van der Waals surface area contributed by atoms with Crippen LogP contribution in [0.25, 0.3) is 33.7 Å². The molecule has 4 nitrogen and oxygen atoms in total. The van der Waals surface area contributed by atoms with Gasteiger partial charge >= 0.3 is 0 Å². The molecule has 0 amide bonds. The van der Waals surface area contributed by atoms with Crippen molar-refractivity contribution in [2.24, 2.45) is 0 Å². The molecule has 0 aliphatic carbocycles. The molecule has 0 aliphatic rings. The zero-order valence-corrected chi connectivity index (χ0v) is 85.0. The van der Waals surface area contributed by atoms with Crippen molar-refractivity contribution in [2.45, 2.75) is 147 Å². The summed E-state index contributed by atoms with van der Waals surface area (Å²) in [5.41, 5.74) is 44.5. The first-order valence-electron chi connectivity index (χ1n) is 51.3. The molecule has 0 aromatic heterocycles. The SMILES string of the molecule is CCc1ccc(C(=C(C)N(c2ccc(CC)cc2)c2ccc(CC)cc2)c2ccc(CC)cc2)cc1.CCc1ccc(C(=C(C)N(c2ccccc2)c2ccccc2)c2ccc(CC)cc2)cc1.CCc1ccc(C(=C(c2ccccc2)N(c2ccccc2)c2ccccc2)c2ccc(CC)cc2)cc1.CCc1ccc(N(C(=C(c2ccccc2)c2ccccc2)c2ccccc2)c2ccc(CC)cc2)cc1. The number of hydrogen-bond donors (Lipinski definition) is 0. The lowest BCUT2D eigenvalue weighted by Gasteiger charge is -2.31. The van der Waals surface area contributed by atoms with Gasteiger partial charge in [0.1, 0.15) is 0 Å². The second kappa shape index (κ2) is 51.2. The highest BCUT2D eigenvalue weighted by molar-refractivity contribution is 6.08. The molecule has 0 unspecified atom stereocenters. The normalized spacial score (nSPS) is 10.7. The molecule has 0 radical (unpaired) electrons. The quantitative estimate of drug-likeness (QED) is 0.0390. The second-order valence-electron chi connectivity index (χ2n) is 35.9. The molecule has 0 spiro atoms. The van der Waals surface area contributed by atoms with E-state index >= 15 is 0 Å². The Morgan fingerprint density at radius 2 is 0.254 bits per heavy atom. The van der Waals surface area contributed by atoms with Gasteiger partial charge in [-0.1, -0.05) is 457 Å². The fraction of sp³-hybridized carbons (Fsp3) is 0.159. The van der Waals surface area contributed by atoms with Gasteiger partial charge < -0.3 is 19.6 Å². The number of allylic oxidation sites excluding steroid dienone is 2. The monoisotopic (exact) mass is 1850 g/mol. The van der Waals surface area contributed by atoms with Gasteiger partial charge in [-0.15, -0.1) is 0 Å². The largest absolute Gasteiger partial charge is 0.314 e. The van der Waals surface area contributed by atoms with E-state index in [9.17, 15) is 0 Å². The van der Waals surface area contributed by atoms with Crippen LogP contribution < -0.4 is 19.6 Å². The smallest absolute Gasteiger partial charge is 0.0618 e. The number of benzene rings is 18. The van der Waals surface area contributed by atoms with Gasteiger partial charge in [-0.3, -0.25) is 0 Å². The summed E-state index contributed by atoms with van der Waals surface area (Å²) in [5.74, 6) is 0. The topological polar surface area (TPSA) is 13.0 Å². The first-order valence-corrected chi connectivity index (χ1v) is 51.3. The summed E-state index contributed by atoms with van der Waals surface area (Å²) in [4.78, 5) is 9.59. The molecule has 0 bridgehead atoms. The Hall–Kier alpha value is -15.9. The first-order chi connectivity index (χ1) is 69.8. The molecule has 0 heterocycles. The second-order valence-corrected chi connectivity index (χ2v) is 35.9. The third kappa shape index (κ3) is 25.4. The molecule has 0 N–H and O–H groups in total. The Morgan fingerprint density at radius 3 is 0.430 bits per heavy atom. The van der Waals surface area contributed by atoms with E-state index in [2.05, 4.69) is 588 Å². The van der Waals surface area contributed by atoms with Crippen molar-refractivity contribution in [3.05, 3.63) is 608 Å². The predicted octanol–water partition coefficient (Wildman–Crippen LogP) is 37.1. The Morgan fingerprint density at radius 1 is 0.127 bits per heavy atom. The van der Waals surface area contributed by atoms with Crippen molar-refractivity contribution in [3.8, 4) is 0 Å². The first kappa shape index (κ1) is 101. The zero-order chi connectivity index (χ0) is 98.7. The minimum absolute atomic E-state index is 1.02. The molecular formula is C138H136N4. The molecule has 18 aromatic rings. The maximum absolute atomic E-state index is 2.42. The molecular weight excluding hydrogens is 1710 g/mol. The fourth-order valence-electron chi connectivity index (χ4n) is 18.6. The van der Waals surface area contributed by atoms with E-state index in [0.717, 1.165) is 110 Å². The average molecular weight is 1850 g/mol. The van der Waals surface area contributed by atoms with Gasteiger partial charge in [0.25, 0.3) is 0 Å². The fourth-order valence-corrected chi connectivity index (χ4v) is 18.6. The lowest BCUT2D eigenvalue weighted by molar-refractivity contribution is 1.11. The third-order valence-electron chi connectivity index (χ3n) is 26.9. The van der Waals surface area contributed by atoms with Gasteiger partial charge in [-0.25, -0.2) is 0 Å². The average Bonchev–Trinajstić information content (AvgIpc) is 0.763. The van der Waals surface area contributed by atoms with Crippen LogP contribution in [0.5, 0.6) is 0 Å². The van der Waals surface area contributed by atoms with Crippen molar-refractivity contribution >= 4 is 79.2 Å². The van der Waals surface area contributed by atoms with E-state index in [-0.39, 0.29) is 0 Å². The van der Waals surface area contributed by atoms with Crippen LogP contribution in [0.4, 0.5) is 45.5 Å². The predicted molar refractivity (Wildman–Crippen MR) is 614 cm³/mol. The van der Waals surface area contributed by atoms with Crippen LogP contribution in [0, 0.1) is 0 Å². The Labute approximate surface area is 848 Å². The number of para-hydroxylation sites is 4. The van der Waals surface area contributed by atoms with Crippen LogP contribution in [0.3, 0.4) is 0 Å². The zero-order valence-electron chi connectivity index (χ0n) is 85.0. The molecule has 18 rings (SSSR count). The Bertz CT molecular complexity index is 6660. The van der Waals surface area contributed by atoms with Crippen LogP contribution in [0.2, 0.25) is 0 Å². The van der Waals surface area contributed by atoms with E-state index < -0.39 is 0 Å². The lowest BCUT2D eigenvalue weighted by Crippen LogP contribution is -2.18. The maximum Gasteiger partial charge on any atom is 0.0618 e. The van der Waals surface area contributed by atoms with Gasteiger partial charge in [0.05, 0.1) is 11.4 Å². The maximum atomic E-state index is 2.42. The Balaban J connectivity index is 0.000000143. The number of aryl methyl sites for hydroxylation is 10. The van der Waals surface area contributed by atoms with Crippen molar-refractivity contribution in [1.82, 2.24) is 0 Å². The number of nitrogens with zero attached hydrogens (tertiary/aromatic N) is 4. The highest BCUT2D eigenvalue weighted by Gasteiger charge is 2.28. The molecule has 18 aromatic carbocycles. The van der Waals surface area contributed by atoms with Crippen LogP contribution in [0.1, 0.15) is 194 Å². The minimum Gasteiger partial charge on any atom is -0.314 e.